The maximum absolute atomic E-state index is 9.05. The van der Waals surface area contributed by atoms with Crippen LogP contribution in [0.2, 0.25) is 0 Å². The second kappa shape index (κ2) is 5.09. The number of aliphatic hydroxyl groups is 1. The highest BCUT2D eigenvalue weighted by Gasteiger charge is 2.09. The van der Waals surface area contributed by atoms with Gasteiger partial charge in [-0.15, -0.1) is 0 Å². The Morgan fingerprint density at radius 2 is 1.93 bits per heavy atom. The van der Waals surface area contributed by atoms with E-state index < -0.39 is 0 Å². The molecule has 0 spiro atoms. The molecule has 0 aliphatic heterocycles. The van der Waals surface area contributed by atoms with Gasteiger partial charge in [0.1, 0.15) is 0 Å². The molecule has 1 rings (SSSR count). The van der Waals surface area contributed by atoms with Crippen LogP contribution < -0.4 is 9.47 Å². The van der Waals surface area contributed by atoms with E-state index >= 15 is 0 Å². The van der Waals surface area contributed by atoms with Gasteiger partial charge in [-0.25, -0.2) is 0 Å². The molecule has 6 heteroatoms. The third-order valence-corrected chi connectivity index (χ3v) is 1.91. The summed E-state index contributed by atoms with van der Waals surface area (Å²) in [6, 6.07) is 3.09. The van der Waals surface area contributed by atoms with Gasteiger partial charge in [0, 0.05) is 10.6 Å². The number of methoxy groups -OCH3 is 2. The number of hydrogen-bond acceptors (Lipinski definition) is 4. The molecule has 1 N–H and O–H groups in total. The van der Waals surface area contributed by atoms with Gasteiger partial charge >= 0.3 is 0 Å². The van der Waals surface area contributed by atoms with Crippen LogP contribution in [0.15, 0.2) is 17.2 Å². The molecule has 0 fully saturated rings. The van der Waals surface area contributed by atoms with Crippen LogP contribution in [0.25, 0.3) is 10.4 Å². The molecule has 1 aromatic carbocycles. The second-order valence-corrected chi connectivity index (χ2v) is 2.68. The lowest BCUT2D eigenvalue weighted by molar-refractivity contribution is 0.280. The predicted octanol–water partition coefficient (Wildman–Crippen LogP) is 2.14. The molecule has 0 unspecified atom stereocenters. The number of nitrogens with zero attached hydrogens (tertiary/aromatic N) is 3. The van der Waals surface area contributed by atoms with Crippen molar-refractivity contribution < 1.29 is 14.6 Å². The van der Waals surface area contributed by atoms with Crippen LogP contribution in [0.4, 0.5) is 5.69 Å². The lowest BCUT2D eigenvalue weighted by Gasteiger charge is -2.10. The zero-order chi connectivity index (χ0) is 11.3. The van der Waals surface area contributed by atoms with E-state index in [2.05, 4.69) is 10.0 Å². The van der Waals surface area contributed by atoms with Crippen LogP contribution in [0.3, 0.4) is 0 Å². The second-order valence-electron chi connectivity index (χ2n) is 2.68. The van der Waals surface area contributed by atoms with Crippen molar-refractivity contribution in [2.75, 3.05) is 14.2 Å². The third kappa shape index (κ3) is 2.31. The Morgan fingerprint density at radius 1 is 1.33 bits per heavy atom. The highest BCUT2D eigenvalue weighted by atomic mass is 16.5. The molecule has 0 aromatic heterocycles. The summed E-state index contributed by atoms with van der Waals surface area (Å²) >= 11 is 0. The number of rotatable bonds is 4. The standard InChI is InChI=1S/C9H11N3O3/c1-14-8-3-6(5-13)7(11-12-10)4-9(8)15-2/h3-4,13H,5H2,1-2H3. The van der Waals surface area contributed by atoms with E-state index in [-0.39, 0.29) is 6.61 Å². The topological polar surface area (TPSA) is 87.5 Å². The molecule has 0 atom stereocenters. The summed E-state index contributed by atoms with van der Waals surface area (Å²) in [5.41, 5.74) is 9.16. The SMILES string of the molecule is COc1cc(CO)c(N=[N+]=[N-])cc1OC. The number of aliphatic hydroxyl groups excluding tert-OH is 1. The van der Waals surface area contributed by atoms with E-state index in [0.717, 1.165) is 0 Å². The van der Waals surface area contributed by atoms with E-state index in [1.807, 2.05) is 0 Å². The van der Waals surface area contributed by atoms with Crippen LogP contribution in [0.1, 0.15) is 5.56 Å². The lowest BCUT2D eigenvalue weighted by atomic mass is 10.1. The van der Waals surface area contributed by atoms with E-state index in [9.17, 15) is 0 Å². The minimum absolute atomic E-state index is 0.227. The number of azide groups is 1. The van der Waals surface area contributed by atoms with Gasteiger partial charge in [-0.3, -0.25) is 0 Å². The predicted molar refractivity (Wildman–Crippen MR) is 54.3 cm³/mol. The first-order valence-corrected chi connectivity index (χ1v) is 4.17. The summed E-state index contributed by atoms with van der Waals surface area (Å²) in [7, 11) is 2.97. The summed E-state index contributed by atoms with van der Waals surface area (Å²) in [5, 5.41) is 12.5. The Hall–Kier alpha value is -1.91. The molecule has 6 nitrogen and oxygen atoms in total. The molecule has 0 saturated carbocycles. The monoisotopic (exact) mass is 209 g/mol. The maximum atomic E-state index is 9.05. The minimum atomic E-state index is -0.227. The summed E-state index contributed by atoms with van der Waals surface area (Å²) in [5.74, 6) is 0.940. The normalized spacial score (nSPS) is 9.27. The Morgan fingerprint density at radius 3 is 2.40 bits per heavy atom. The van der Waals surface area contributed by atoms with Gasteiger partial charge in [-0.05, 0) is 23.2 Å². The van der Waals surface area contributed by atoms with Crippen LogP contribution in [-0.4, -0.2) is 19.3 Å². The Labute approximate surface area is 86.7 Å². The molecular formula is C9H11N3O3. The van der Waals surface area contributed by atoms with Crippen LogP contribution in [0.5, 0.6) is 11.5 Å². The maximum Gasteiger partial charge on any atom is 0.161 e. The average Bonchev–Trinajstić information content (AvgIpc) is 2.28. The Balaban J connectivity index is 3.33. The molecule has 80 valence electrons. The quantitative estimate of drug-likeness (QED) is 0.468. The van der Waals surface area contributed by atoms with Crippen molar-refractivity contribution in [1.29, 1.82) is 0 Å². The van der Waals surface area contributed by atoms with Crippen molar-refractivity contribution >= 4 is 5.69 Å². The van der Waals surface area contributed by atoms with Gasteiger partial charge in [0.25, 0.3) is 0 Å². The molecule has 0 bridgehead atoms. The first kappa shape index (κ1) is 11.2. The van der Waals surface area contributed by atoms with Crippen molar-refractivity contribution in [3.05, 3.63) is 28.1 Å². The third-order valence-electron chi connectivity index (χ3n) is 1.91. The molecule has 0 saturated heterocycles. The number of hydrogen-bond donors (Lipinski definition) is 1. The minimum Gasteiger partial charge on any atom is -0.493 e. The first-order chi connectivity index (χ1) is 7.26. The van der Waals surface area contributed by atoms with Crippen LogP contribution in [0, 0.1) is 0 Å². The molecule has 0 aliphatic rings. The van der Waals surface area contributed by atoms with E-state index in [4.69, 9.17) is 20.1 Å². The molecule has 0 amide bonds. The molecule has 0 radical (unpaired) electrons. The highest BCUT2D eigenvalue weighted by molar-refractivity contribution is 5.57. The summed E-state index contributed by atoms with van der Waals surface area (Å²) in [6.45, 7) is -0.227. The van der Waals surface area contributed by atoms with Gasteiger partial charge < -0.3 is 14.6 Å². The van der Waals surface area contributed by atoms with E-state index in [0.29, 0.717) is 22.7 Å². The molecule has 1 aromatic rings. The van der Waals surface area contributed by atoms with E-state index in [1.54, 1.807) is 6.07 Å². The van der Waals surface area contributed by atoms with E-state index in [1.165, 1.54) is 20.3 Å². The molecule has 15 heavy (non-hydrogen) atoms. The van der Waals surface area contributed by atoms with Crippen molar-refractivity contribution in [3.63, 3.8) is 0 Å². The van der Waals surface area contributed by atoms with Crippen molar-refractivity contribution in [3.8, 4) is 11.5 Å². The molecule has 0 aliphatic carbocycles. The summed E-state index contributed by atoms with van der Waals surface area (Å²) < 4.78 is 10.1. The molecule has 0 heterocycles. The fourth-order valence-electron chi connectivity index (χ4n) is 1.18. The van der Waals surface area contributed by atoms with Gasteiger partial charge in [-0.1, -0.05) is 5.11 Å². The lowest BCUT2D eigenvalue weighted by Crippen LogP contribution is -1.93. The van der Waals surface area contributed by atoms with Gasteiger partial charge in [0.2, 0.25) is 0 Å². The van der Waals surface area contributed by atoms with Gasteiger partial charge in [-0.2, -0.15) is 0 Å². The largest absolute Gasteiger partial charge is 0.493 e. The fourth-order valence-corrected chi connectivity index (χ4v) is 1.18. The highest BCUT2D eigenvalue weighted by Crippen LogP contribution is 2.34. The first-order valence-electron chi connectivity index (χ1n) is 4.17. The summed E-state index contributed by atoms with van der Waals surface area (Å²) in [4.78, 5) is 2.66. The Kier molecular flexibility index (Phi) is 3.79. The molecular weight excluding hydrogens is 198 g/mol. The van der Waals surface area contributed by atoms with Crippen molar-refractivity contribution in [2.45, 2.75) is 6.61 Å². The smallest absolute Gasteiger partial charge is 0.161 e. The summed E-state index contributed by atoms with van der Waals surface area (Å²) in [6.07, 6.45) is 0. The Bertz CT molecular complexity index is 400. The van der Waals surface area contributed by atoms with Crippen molar-refractivity contribution in [2.24, 2.45) is 5.11 Å². The zero-order valence-corrected chi connectivity index (χ0v) is 8.47. The van der Waals surface area contributed by atoms with Gasteiger partial charge in [0.05, 0.1) is 20.8 Å². The van der Waals surface area contributed by atoms with Gasteiger partial charge in [0.15, 0.2) is 11.5 Å². The van der Waals surface area contributed by atoms with Crippen LogP contribution in [-0.2, 0) is 6.61 Å². The zero-order valence-electron chi connectivity index (χ0n) is 8.47. The van der Waals surface area contributed by atoms with Crippen LogP contribution >= 0.6 is 0 Å². The number of benzene rings is 1. The fraction of sp³-hybridized carbons (Fsp3) is 0.333. The average molecular weight is 209 g/mol. The number of ether oxygens (including phenoxy) is 2. The van der Waals surface area contributed by atoms with Crippen molar-refractivity contribution in [1.82, 2.24) is 0 Å².